The second-order valence-electron chi connectivity index (χ2n) is 5.12. The maximum absolute atomic E-state index is 8.97. The highest BCUT2D eigenvalue weighted by Gasteiger charge is 2.11. The zero-order chi connectivity index (χ0) is 16.8. The molecule has 5 heteroatoms. The summed E-state index contributed by atoms with van der Waals surface area (Å²) in [5.41, 5.74) is 2.84. The summed E-state index contributed by atoms with van der Waals surface area (Å²) in [6.07, 6.45) is 0. The van der Waals surface area contributed by atoms with E-state index in [9.17, 15) is 0 Å². The first-order valence-electron chi connectivity index (χ1n) is 7.15. The first-order chi connectivity index (χ1) is 11.0. The van der Waals surface area contributed by atoms with Crippen LogP contribution in [0.5, 0.6) is 17.2 Å². The van der Waals surface area contributed by atoms with Gasteiger partial charge in [-0.15, -0.1) is 0 Å². The SMILES string of the molecule is COc1cc(C#N)cc(Br)c1OCCOc1cc(C)cc(C)c1. The van der Waals surface area contributed by atoms with E-state index in [1.807, 2.05) is 26.0 Å². The van der Waals surface area contributed by atoms with Gasteiger partial charge in [-0.3, -0.25) is 0 Å². The molecule has 0 aliphatic heterocycles. The van der Waals surface area contributed by atoms with Crippen molar-refractivity contribution in [3.8, 4) is 23.3 Å². The van der Waals surface area contributed by atoms with Crippen LogP contribution in [0, 0.1) is 25.2 Å². The van der Waals surface area contributed by atoms with Crippen LogP contribution in [0.1, 0.15) is 16.7 Å². The molecule has 0 heterocycles. The van der Waals surface area contributed by atoms with Crippen molar-refractivity contribution in [2.45, 2.75) is 13.8 Å². The molecule has 0 N–H and O–H groups in total. The van der Waals surface area contributed by atoms with Gasteiger partial charge >= 0.3 is 0 Å². The number of benzene rings is 2. The minimum absolute atomic E-state index is 0.369. The Morgan fingerprint density at radius 3 is 2.26 bits per heavy atom. The van der Waals surface area contributed by atoms with Crippen molar-refractivity contribution >= 4 is 15.9 Å². The lowest BCUT2D eigenvalue weighted by Gasteiger charge is -2.14. The van der Waals surface area contributed by atoms with Gasteiger partial charge in [0.05, 0.1) is 23.2 Å². The summed E-state index contributed by atoms with van der Waals surface area (Å²) >= 11 is 3.40. The highest BCUT2D eigenvalue weighted by atomic mass is 79.9. The van der Waals surface area contributed by atoms with Crippen molar-refractivity contribution in [3.63, 3.8) is 0 Å². The molecule has 0 fully saturated rings. The van der Waals surface area contributed by atoms with Crippen LogP contribution in [0.2, 0.25) is 0 Å². The fraction of sp³-hybridized carbons (Fsp3) is 0.278. The lowest BCUT2D eigenvalue weighted by atomic mass is 10.1. The van der Waals surface area contributed by atoms with Crippen LogP contribution >= 0.6 is 15.9 Å². The molecule has 0 aliphatic rings. The molecular weight excluding hydrogens is 358 g/mol. The summed E-state index contributed by atoms with van der Waals surface area (Å²) in [5, 5.41) is 8.97. The fourth-order valence-electron chi connectivity index (χ4n) is 2.24. The van der Waals surface area contributed by atoms with Gasteiger partial charge in [0.25, 0.3) is 0 Å². The van der Waals surface area contributed by atoms with Gasteiger partial charge in [-0.2, -0.15) is 5.26 Å². The Morgan fingerprint density at radius 1 is 1.00 bits per heavy atom. The number of rotatable bonds is 6. The number of aryl methyl sites for hydroxylation is 2. The van der Waals surface area contributed by atoms with Crippen molar-refractivity contribution in [3.05, 3.63) is 51.5 Å². The maximum atomic E-state index is 8.97. The Balaban J connectivity index is 1.97. The van der Waals surface area contributed by atoms with E-state index in [-0.39, 0.29) is 0 Å². The largest absolute Gasteiger partial charge is 0.493 e. The Labute approximate surface area is 144 Å². The fourth-order valence-corrected chi connectivity index (χ4v) is 2.80. The van der Waals surface area contributed by atoms with Gasteiger partial charge in [0.2, 0.25) is 0 Å². The lowest BCUT2D eigenvalue weighted by Crippen LogP contribution is -2.10. The van der Waals surface area contributed by atoms with Crippen LogP contribution in [0.25, 0.3) is 0 Å². The summed E-state index contributed by atoms with van der Waals surface area (Å²) in [4.78, 5) is 0. The predicted octanol–water partition coefficient (Wildman–Crippen LogP) is 4.40. The molecule has 2 aromatic rings. The van der Waals surface area contributed by atoms with Crippen molar-refractivity contribution in [2.75, 3.05) is 20.3 Å². The third-order valence-corrected chi connectivity index (χ3v) is 3.74. The molecule has 0 bridgehead atoms. The summed E-state index contributed by atoms with van der Waals surface area (Å²) in [5.74, 6) is 1.91. The molecule has 0 unspecified atom stereocenters. The molecule has 0 saturated heterocycles. The number of nitriles is 1. The Morgan fingerprint density at radius 2 is 1.65 bits per heavy atom. The molecule has 0 amide bonds. The van der Waals surface area contributed by atoms with Gasteiger partial charge in [0.15, 0.2) is 11.5 Å². The number of hydrogen-bond acceptors (Lipinski definition) is 4. The first-order valence-corrected chi connectivity index (χ1v) is 7.94. The quantitative estimate of drug-likeness (QED) is 0.701. The standard InChI is InChI=1S/C18H18BrNO3/c1-12-6-13(2)8-15(7-12)22-4-5-23-18-16(19)9-14(11-20)10-17(18)21-3/h6-10H,4-5H2,1-3H3. The van der Waals surface area contributed by atoms with E-state index in [2.05, 4.69) is 28.1 Å². The summed E-state index contributed by atoms with van der Waals surface area (Å²) < 4.78 is 17.4. The average molecular weight is 376 g/mol. The molecule has 0 spiro atoms. The van der Waals surface area contributed by atoms with E-state index in [0.29, 0.717) is 34.7 Å². The average Bonchev–Trinajstić information content (AvgIpc) is 2.51. The molecule has 0 radical (unpaired) electrons. The highest BCUT2D eigenvalue weighted by molar-refractivity contribution is 9.10. The number of ether oxygens (including phenoxy) is 3. The molecule has 4 nitrogen and oxygen atoms in total. The predicted molar refractivity (Wildman–Crippen MR) is 92.3 cm³/mol. The number of hydrogen-bond donors (Lipinski definition) is 0. The van der Waals surface area contributed by atoms with Crippen molar-refractivity contribution in [2.24, 2.45) is 0 Å². The molecular formula is C18H18BrNO3. The molecule has 0 saturated carbocycles. The van der Waals surface area contributed by atoms with Crippen molar-refractivity contribution < 1.29 is 14.2 Å². The van der Waals surface area contributed by atoms with E-state index in [1.165, 1.54) is 0 Å². The Kier molecular flexibility index (Phi) is 5.89. The zero-order valence-electron chi connectivity index (χ0n) is 13.4. The molecule has 0 aromatic heterocycles. The minimum Gasteiger partial charge on any atom is -0.493 e. The molecule has 2 aromatic carbocycles. The lowest BCUT2D eigenvalue weighted by molar-refractivity contribution is 0.210. The third-order valence-electron chi connectivity index (χ3n) is 3.15. The van der Waals surface area contributed by atoms with E-state index in [0.717, 1.165) is 16.9 Å². The second kappa shape index (κ2) is 7.89. The monoisotopic (exact) mass is 375 g/mol. The molecule has 23 heavy (non-hydrogen) atoms. The summed E-state index contributed by atoms with van der Waals surface area (Å²) in [7, 11) is 1.54. The van der Waals surface area contributed by atoms with Gasteiger partial charge in [-0.05, 0) is 59.1 Å². The van der Waals surface area contributed by atoms with Gasteiger partial charge in [-0.25, -0.2) is 0 Å². The molecule has 0 aliphatic carbocycles. The van der Waals surface area contributed by atoms with Gasteiger partial charge in [0.1, 0.15) is 19.0 Å². The third kappa shape index (κ3) is 4.64. The highest BCUT2D eigenvalue weighted by Crippen LogP contribution is 2.36. The zero-order valence-corrected chi connectivity index (χ0v) is 14.9. The van der Waals surface area contributed by atoms with Crippen LogP contribution in [-0.2, 0) is 0 Å². The molecule has 120 valence electrons. The van der Waals surface area contributed by atoms with Crippen LogP contribution < -0.4 is 14.2 Å². The smallest absolute Gasteiger partial charge is 0.175 e. The van der Waals surface area contributed by atoms with Crippen LogP contribution in [0.3, 0.4) is 0 Å². The maximum Gasteiger partial charge on any atom is 0.175 e. The van der Waals surface area contributed by atoms with Gasteiger partial charge in [-0.1, -0.05) is 6.07 Å². The number of halogens is 1. The molecule has 0 atom stereocenters. The van der Waals surface area contributed by atoms with E-state index in [4.69, 9.17) is 19.5 Å². The Bertz CT molecular complexity index is 718. The Hall–Kier alpha value is -2.19. The number of nitrogens with zero attached hydrogens (tertiary/aromatic N) is 1. The summed E-state index contributed by atoms with van der Waals surface area (Å²) in [6, 6.07) is 11.5. The second-order valence-corrected chi connectivity index (χ2v) is 5.98. The van der Waals surface area contributed by atoms with E-state index >= 15 is 0 Å². The van der Waals surface area contributed by atoms with Crippen LogP contribution in [0.15, 0.2) is 34.8 Å². The molecule has 2 rings (SSSR count). The minimum atomic E-state index is 0.369. The first kappa shape index (κ1) is 17.2. The number of methoxy groups -OCH3 is 1. The van der Waals surface area contributed by atoms with E-state index < -0.39 is 0 Å². The van der Waals surface area contributed by atoms with E-state index in [1.54, 1.807) is 19.2 Å². The van der Waals surface area contributed by atoms with Crippen LogP contribution in [-0.4, -0.2) is 20.3 Å². The topological polar surface area (TPSA) is 51.5 Å². The van der Waals surface area contributed by atoms with Crippen molar-refractivity contribution in [1.82, 2.24) is 0 Å². The van der Waals surface area contributed by atoms with Crippen LogP contribution in [0.4, 0.5) is 0 Å². The van der Waals surface area contributed by atoms with Crippen molar-refractivity contribution in [1.29, 1.82) is 5.26 Å². The van der Waals surface area contributed by atoms with Gasteiger partial charge in [0, 0.05) is 6.07 Å². The normalized spacial score (nSPS) is 10.0. The summed E-state index contributed by atoms with van der Waals surface area (Å²) in [6.45, 7) is 4.86. The van der Waals surface area contributed by atoms with Gasteiger partial charge < -0.3 is 14.2 Å².